The summed E-state index contributed by atoms with van der Waals surface area (Å²) in [6, 6.07) is 11.2. The zero-order valence-electron chi connectivity index (χ0n) is 17.7. The van der Waals surface area contributed by atoms with Gasteiger partial charge in [-0.25, -0.2) is 9.18 Å². The summed E-state index contributed by atoms with van der Waals surface area (Å²) in [5.74, 6) is -1.20. The van der Waals surface area contributed by atoms with Crippen molar-refractivity contribution in [2.45, 2.75) is 38.0 Å². The predicted octanol–water partition coefficient (Wildman–Crippen LogP) is 2.65. The monoisotopic (exact) mass is 437 g/mol. The maximum atomic E-state index is 14.9. The number of hydrogen-bond acceptors (Lipinski definition) is 6. The van der Waals surface area contributed by atoms with Crippen molar-refractivity contribution < 1.29 is 23.5 Å². The van der Waals surface area contributed by atoms with Gasteiger partial charge >= 0.3 is 5.97 Å². The molecule has 8 heteroatoms. The highest BCUT2D eigenvalue weighted by Gasteiger charge is 2.28. The van der Waals surface area contributed by atoms with Crippen molar-refractivity contribution in [3.05, 3.63) is 58.9 Å². The fraction of sp³-hybridized carbons (Fsp3) is 0.375. The maximum Gasteiger partial charge on any atom is 0.339 e. The number of esters is 1. The summed E-state index contributed by atoms with van der Waals surface area (Å²) in [5, 5.41) is 15.2. The Hall–Kier alpha value is -3.28. The fourth-order valence-electron chi connectivity index (χ4n) is 3.94. The number of nitriles is 1. The number of amides is 1. The van der Waals surface area contributed by atoms with Gasteiger partial charge in [0.2, 0.25) is 0 Å². The number of hydrogen-bond donors (Lipinski definition) is 2. The van der Waals surface area contributed by atoms with Crippen LogP contribution in [0.2, 0.25) is 0 Å². The highest BCUT2D eigenvalue weighted by atomic mass is 19.1. The van der Waals surface area contributed by atoms with Crippen molar-refractivity contribution in [2.24, 2.45) is 0 Å². The van der Waals surface area contributed by atoms with Gasteiger partial charge in [0.1, 0.15) is 24.1 Å². The van der Waals surface area contributed by atoms with Crippen LogP contribution in [0.5, 0.6) is 0 Å². The molecule has 0 radical (unpaired) electrons. The molecule has 4 rings (SSSR count). The van der Waals surface area contributed by atoms with Crippen LogP contribution in [0.25, 0.3) is 11.1 Å². The third kappa shape index (κ3) is 4.64. The van der Waals surface area contributed by atoms with E-state index in [4.69, 9.17) is 9.47 Å². The van der Waals surface area contributed by atoms with Crippen molar-refractivity contribution in [3.8, 4) is 17.2 Å². The first-order chi connectivity index (χ1) is 15.5. The Morgan fingerprint density at radius 1 is 1.31 bits per heavy atom. The molecule has 0 aromatic heterocycles. The van der Waals surface area contributed by atoms with Gasteiger partial charge in [-0.15, -0.1) is 0 Å². The molecule has 2 aromatic carbocycles. The second-order valence-corrected chi connectivity index (χ2v) is 7.97. The van der Waals surface area contributed by atoms with E-state index in [1.165, 1.54) is 6.07 Å². The van der Waals surface area contributed by atoms with Crippen molar-refractivity contribution in [3.63, 3.8) is 0 Å². The average molecular weight is 437 g/mol. The second kappa shape index (κ2) is 9.47. The van der Waals surface area contributed by atoms with Gasteiger partial charge < -0.3 is 20.1 Å². The molecular weight excluding hydrogens is 413 g/mol. The molecule has 0 aliphatic carbocycles. The largest absolute Gasteiger partial charge is 0.454 e. The zero-order valence-corrected chi connectivity index (χ0v) is 17.7. The van der Waals surface area contributed by atoms with Crippen LogP contribution in [0.15, 0.2) is 36.4 Å². The predicted molar refractivity (Wildman–Crippen MR) is 114 cm³/mol. The van der Waals surface area contributed by atoms with Gasteiger partial charge in [-0.3, -0.25) is 4.79 Å². The van der Waals surface area contributed by atoms with E-state index in [9.17, 15) is 19.2 Å². The summed E-state index contributed by atoms with van der Waals surface area (Å²) in [7, 11) is 0. The molecule has 7 nitrogen and oxygen atoms in total. The SMILES string of the molecule is C[C@H]1OC(=O)c2ccc(-c3ccc(C[C@@H](C#N)NC(=O)[C@@H]4CNCCCO4)c(F)c3)cc21. The van der Waals surface area contributed by atoms with Crippen molar-refractivity contribution in [1.82, 2.24) is 10.6 Å². The molecule has 2 aliphatic rings. The molecule has 2 aromatic rings. The minimum atomic E-state index is -0.876. The Labute approximate surface area is 185 Å². The number of fused-ring (bicyclic) bond motifs is 1. The molecular formula is C24H24FN3O4. The van der Waals surface area contributed by atoms with Crippen LogP contribution in [0.4, 0.5) is 4.39 Å². The molecule has 1 saturated heterocycles. The van der Waals surface area contributed by atoms with Crippen LogP contribution in [0.1, 0.15) is 40.9 Å². The third-order valence-electron chi connectivity index (χ3n) is 5.72. The fourth-order valence-corrected chi connectivity index (χ4v) is 3.94. The Balaban J connectivity index is 1.46. The molecule has 2 aliphatic heterocycles. The Morgan fingerprint density at radius 3 is 2.88 bits per heavy atom. The lowest BCUT2D eigenvalue weighted by Crippen LogP contribution is -2.46. The number of carbonyl (C=O) groups is 2. The molecule has 1 amide bonds. The van der Waals surface area contributed by atoms with Crippen molar-refractivity contribution >= 4 is 11.9 Å². The topological polar surface area (TPSA) is 100 Å². The second-order valence-electron chi connectivity index (χ2n) is 7.97. The van der Waals surface area contributed by atoms with E-state index in [-0.39, 0.29) is 24.4 Å². The first kappa shape index (κ1) is 21.9. The van der Waals surface area contributed by atoms with Gasteiger partial charge in [0, 0.05) is 25.1 Å². The normalized spacial score (nSPS) is 21.1. The van der Waals surface area contributed by atoms with Gasteiger partial charge in [0.15, 0.2) is 0 Å². The smallest absolute Gasteiger partial charge is 0.339 e. The number of benzene rings is 2. The van der Waals surface area contributed by atoms with Crippen LogP contribution in [-0.4, -0.2) is 43.7 Å². The van der Waals surface area contributed by atoms with Crippen molar-refractivity contribution in [2.75, 3.05) is 19.7 Å². The van der Waals surface area contributed by atoms with E-state index in [0.29, 0.717) is 29.8 Å². The molecule has 166 valence electrons. The molecule has 0 saturated carbocycles. The first-order valence-electron chi connectivity index (χ1n) is 10.6. The Morgan fingerprint density at radius 2 is 2.09 bits per heavy atom. The molecule has 0 spiro atoms. The van der Waals surface area contributed by atoms with E-state index in [1.807, 2.05) is 12.1 Å². The summed E-state index contributed by atoms with van der Waals surface area (Å²) in [6.45, 7) is 3.42. The average Bonchev–Trinajstić information content (AvgIpc) is 2.97. The molecule has 2 heterocycles. The summed E-state index contributed by atoms with van der Waals surface area (Å²) in [6.07, 6.45) is -0.152. The van der Waals surface area contributed by atoms with Gasteiger partial charge in [-0.1, -0.05) is 18.2 Å². The van der Waals surface area contributed by atoms with E-state index in [1.54, 1.807) is 31.2 Å². The number of rotatable bonds is 5. The first-order valence-corrected chi connectivity index (χ1v) is 10.6. The van der Waals surface area contributed by atoms with E-state index in [2.05, 4.69) is 10.6 Å². The number of ether oxygens (including phenoxy) is 2. The molecule has 0 unspecified atom stereocenters. The van der Waals surface area contributed by atoms with E-state index < -0.39 is 18.0 Å². The molecule has 2 N–H and O–H groups in total. The van der Waals surface area contributed by atoms with Crippen LogP contribution < -0.4 is 10.6 Å². The standard InChI is InChI=1S/C24H24FN3O4/c1-14-20-10-15(5-6-19(20)24(30)32-14)16-3-4-17(21(25)11-16)9-18(12-26)28-23(29)22-13-27-7-2-8-31-22/h3-6,10-11,14,18,22,27H,2,7-9,13H2,1H3,(H,28,29)/t14-,18+,22+/m1/s1. The lowest BCUT2D eigenvalue weighted by Gasteiger charge is -2.18. The number of cyclic esters (lactones) is 1. The molecule has 3 atom stereocenters. The van der Waals surface area contributed by atoms with Gasteiger partial charge in [0.05, 0.1) is 11.6 Å². The van der Waals surface area contributed by atoms with Gasteiger partial charge in [0.25, 0.3) is 5.91 Å². The molecule has 0 bridgehead atoms. The quantitative estimate of drug-likeness (QED) is 0.698. The summed E-state index contributed by atoms with van der Waals surface area (Å²) in [5.41, 5.74) is 3.05. The van der Waals surface area contributed by atoms with Gasteiger partial charge in [-0.2, -0.15) is 5.26 Å². The van der Waals surface area contributed by atoms with Gasteiger partial charge in [-0.05, 0) is 54.8 Å². The Bertz CT molecular complexity index is 1070. The number of nitrogens with one attached hydrogen (secondary N) is 2. The van der Waals surface area contributed by atoms with Crippen LogP contribution in [0.3, 0.4) is 0 Å². The number of halogens is 1. The van der Waals surface area contributed by atoms with Crippen LogP contribution >= 0.6 is 0 Å². The lowest BCUT2D eigenvalue weighted by atomic mass is 9.96. The summed E-state index contributed by atoms with van der Waals surface area (Å²) >= 11 is 0. The number of nitrogens with zero attached hydrogens (tertiary/aromatic N) is 1. The zero-order chi connectivity index (χ0) is 22.7. The highest BCUT2D eigenvalue weighted by Crippen LogP contribution is 2.34. The highest BCUT2D eigenvalue weighted by molar-refractivity contribution is 5.94. The number of carbonyl (C=O) groups excluding carboxylic acids is 2. The van der Waals surface area contributed by atoms with E-state index >= 15 is 0 Å². The van der Waals surface area contributed by atoms with E-state index in [0.717, 1.165) is 24.1 Å². The molecule has 1 fully saturated rings. The van der Waals surface area contributed by atoms with Crippen LogP contribution in [-0.2, 0) is 20.7 Å². The summed E-state index contributed by atoms with van der Waals surface area (Å²) < 4.78 is 25.6. The maximum absolute atomic E-state index is 14.9. The minimum absolute atomic E-state index is 0.0397. The summed E-state index contributed by atoms with van der Waals surface area (Å²) in [4.78, 5) is 24.2. The van der Waals surface area contributed by atoms with Crippen molar-refractivity contribution in [1.29, 1.82) is 5.26 Å². The third-order valence-corrected chi connectivity index (χ3v) is 5.72. The minimum Gasteiger partial charge on any atom is -0.454 e. The Kier molecular flexibility index (Phi) is 6.49. The van der Waals surface area contributed by atoms with Crippen LogP contribution in [0, 0.1) is 17.1 Å². The lowest BCUT2D eigenvalue weighted by molar-refractivity contribution is -0.132. The molecule has 32 heavy (non-hydrogen) atoms.